The van der Waals surface area contributed by atoms with Crippen LogP contribution in [0.5, 0.6) is 5.75 Å². The van der Waals surface area contributed by atoms with Crippen LogP contribution in [0.4, 0.5) is 0 Å². The SMILES string of the molecule is Oc1ccc(CSc2nnc(-c3ccc(Br)cc3)o2)c2cccnc12. The monoisotopic (exact) mass is 413 g/mol. The lowest BCUT2D eigenvalue weighted by molar-refractivity contribution is 0.466. The molecule has 0 spiro atoms. The second kappa shape index (κ2) is 6.85. The van der Waals surface area contributed by atoms with Crippen molar-refractivity contribution in [3.8, 4) is 17.2 Å². The van der Waals surface area contributed by atoms with Crippen molar-refractivity contribution in [3.63, 3.8) is 0 Å². The first-order valence-electron chi connectivity index (χ1n) is 7.48. The van der Waals surface area contributed by atoms with Crippen LogP contribution in [0.3, 0.4) is 0 Å². The van der Waals surface area contributed by atoms with Gasteiger partial charge in [0.15, 0.2) is 0 Å². The Balaban J connectivity index is 1.55. The molecule has 2 aromatic heterocycles. The maximum atomic E-state index is 9.92. The number of pyridine rings is 1. The molecule has 25 heavy (non-hydrogen) atoms. The van der Waals surface area contributed by atoms with Crippen LogP contribution in [-0.4, -0.2) is 20.3 Å². The van der Waals surface area contributed by atoms with Crippen molar-refractivity contribution in [3.05, 3.63) is 64.8 Å². The number of hydrogen-bond donors (Lipinski definition) is 1. The number of rotatable bonds is 4. The first kappa shape index (κ1) is 16.1. The van der Waals surface area contributed by atoms with Crippen LogP contribution in [0.2, 0.25) is 0 Å². The number of phenols is 1. The van der Waals surface area contributed by atoms with E-state index in [4.69, 9.17) is 4.42 Å². The summed E-state index contributed by atoms with van der Waals surface area (Å²) in [5, 5.41) is 19.5. The lowest BCUT2D eigenvalue weighted by Gasteiger charge is -2.05. The Hall–Kier alpha value is -2.38. The summed E-state index contributed by atoms with van der Waals surface area (Å²) in [6, 6.07) is 15.1. The Morgan fingerprint density at radius 2 is 1.88 bits per heavy atom. The standard InChI is InChI=1S/C18H12BrN3O2S/c19-13-6-3-11(4-7-13)17-21-22-18(24-17)25-10-12-5-8-15(23)16-14(12)2-1-9-20-16/h1-9,23H,10H2. The lowest BCUT2D eigenvalue weighted by Crippen LogP contribution is -1.87. The molecule has 5 nitrogen and oxygen atoms in total. The summed E-state index contributed by atoms with van der Waals surface area (Å²) in [5.41, 5.74) is 2.53. The largest absolute Gasteiger partial charge is 0.506 e. The number of fused-ring (bicyclic) bond motifs is 1. The minimum Gasteiger partial charge on any atom is -0.506 e. The molecule has 0 amide bonds. The molecule has 2 heterocycles. The van der Waals surface area contributed by atoms with Crippen LogP contribution in [0.25, 0.3) is 22.4 Å². The quantitative estimate of drug-likeness (QED) is 0.472. The van der Waals surface area contributed by atoms with E-state index in [1.807, 2.05) is 42.5 Å². The Morgan fingerprint density at radius 1 is 1.04 bits per heavy atom. The van der Waals surface area contributed by atoms with Gasteiger partial charge in [0.2, 0.25) is 5.89 Å². The average molecular weight is 414 g/mol. The van der Waals surface area contributed by atoms with E-state index in [0.717, 1.165) is 21.0 Å². The smallest absolute Gasteiger partial charge is 0.277 e. The minimum atomic E-state index is 0.180. The third-order valence-electron chi connectivity index (χ3n) is 3.69. The number of halogens is 1. The maximum absolute atomic E-state index is 9.92. The Kier molecular flexibility index (Phi) is 4.42. The van der Waals surface area contributed by atoms with Gasteiger partial charge >= 0.3 is 0 Å². The van der Waals surface area contributed by atoms with Crippen LogP contribution >= 0.6 is 27.7 Å². The lowest BCUT2D eigenvalue weighted by atomic mass is 10.1. The summed E-state index contributed by atoms with van der Waals surface area (Å²) < 4.78 is 6.73. The zero-order valence-electron chi connectivity index (χ0n) is 12.9. The van der Waals surface area contributed by atoms with Gasteiger partial charge in [-0.2, -0.15) is 0 Å². The molecule has 0 aliphatic heterocycles. The highest BCUT2D eigenvalue weighted by Gasteiger charge is 2.11. The molecule has 0 aliphatic carbocycles. The Morgan fingerprint density at radius 3 is 2.72 bits per heavy atom. The number of thioether (sulfide) groups is 1. The van der Waals surface area contributed by atoms with E-state index >= 15 is 0 Å². The summed E-state index contributed by atoms with van der Waals surface area (Å²) in [6.45, 7) is 0. The van der Waals surface area contributed by atoms with Crippen LogP contribution in [-0.2, 0) is 5.75 Å². The molecule has 0 aliphatic rings. The molecule has 124 valence electrons. The summed E-state index contributed by atoms with van der Waals surface area (Å²) in [5.74, 6) is 1.32. The molecule has 0 fully saturated rings. The topological polar surface area (TPSA) is 72.0 Å². The molecule has 0 saturated heterocycles. The number of aromatic hydroxyl groups is 1. The molecule has 0 radical (unpaired) electrons. The number of benzene rings is 2. The maximum Gasteiger partial charge on any atom is 0.277 e. The van der Waals surface area contributed by atoms with Gasteiger partial charge in [0, 0.05) is 27.4 Å². The number of nitrogens with zero attached hydrogens (tertiary/aromatic N) is 3. The summed E-state index contributed by atoms with van der Waals surface area (Å²) in [7, 11) is 0. The second-order valence-electron chi connectivity index (χ2n) is 5.31. The van der Waals surface area contributed by atoms with Crippen LogP contribution < -0.4 is 0 Å². The van der Waals surface area contributed by atoms with Gasteiger partial charge in [0.1, 0.15) is 11.3 Å². The van der Waals surface area contributed by atoms with Gasteiger partial charge < -0.3 is 9.52 Å². The highest BCUT2D eigenvalue weighted by Crippen LogP contribution is 2.31. The normalized spacial score (nSPS) is 11.1. The van der Waals surface area contributed by atoms with Gasteiger partial charge in [-0.25, -0.2) is 0 Å². The molecule has 4 aromatic rings. The Bertz CT molecular complexity index is 1030. The van der Waals surface area contributed by atoms with E-state index in [1.165, 1.54) is 11.8 Å². The van der Waals surface area contributed by atoms with Gasteiger partial charge in [-0.05, 0) is 42.0 Å². The first-order valence-corrected chi connectivity index (χ1v) is 9.26. The molecule has 0 bridgehead atoms. The van der Waals surface area contributed by atoms with Crippen molar-refractivity contribution in [2.24, 2.45) is 0 Å². The van der Waals surface area contributed by atoms with E-state index in [0.29, 0.717) is 22.4 Å². The van der Waals surface area contributed by atoms with Crippen molar-refractivity contribution in [1.29, 1.82) is 0 Å². The van der Waals surface area contributed by atoms with E-state index in [9.17, 15) is 5.11 Å². The molecule has 7 heteroatoms. The van der Waals surface area contributed by atoms with Crippen molar-refractivity contribution in [2.75, 3.05) is 0 Å². The van der Waals surface area contributed by atoms with Crippen molar-refractivity contribution < 1.29 is 9.52 Å². The average Bonchev–Trinajstić information content (AvgIpc) is 3.11. The predicted molar refractivity (Wildman–Crippen MR) is 100 cm³/mol. The fourth-order valence-corrected chi connectivity index (χ4v) is 3.49. The second-order valence-corrected chi connectivity index (χ2v) is 7.15. The number of phenolic OH excluding ortho intramolecular Hbond substituents is 1. The minimum absolute atomic E-state index is 0.180. The van der Waals surface area contributed by atoms with Gasteiger partial charge in [-0.15, -0.1) is 10.2 Å². The fourth-order valence-electron chi connectivity index (χ4n) is 2.46. The third-order valence-corrected chi connectivity index (χ3v) is 5.08. The van der Waals surface area contributed by atoms with E-state index < -0.39 is 0 Å². The molecule has 2 aromatic carbocycles. The van der Waals surface area contributed by atoms with Gasteiger partial charge in [-0.1, -0.05) is 39.8 Å². The molecule has 0 unspecified atom stereocenters. The van der Waals surface area contributed by atoms with E-state index in [-0.39, 0.29) is 5.75 Å². The number of hydrogen-bond acceptors (Lipinski definition) is 6. The highest BCUT2D eigenvalue weighted by atomic mass is 79.9. The third kappa shape index (κ3) is 3.38. The van der Waals surface area contributed by atoms with Crippen LogP contribution in [0, 0.1) is 0 Å². The summed E-state index contributed by atoms with van der Waals surface area (Å²) >= 11 is 4.86. The van der Waals surface area contributed by atoms with Gasteiger partial charge in [0.05, 0.1) is 0 Å². The molecule has 0 saturated carbocycles. The van der Waals surface area contributed by atoms with E-state index in [2.05, 4.69) is 31.1 Å². The summed E-state index contributed by atoms with van der Waals surface area (Å²) in [6.07, 6.45) is 1.67. The zero-order valence-corrected chi connectivity index (χ0v) is 15.3. The molecule has 0 atom stereocenters. The highest BCUT2D eigenvalue weighted by molar-refractivity contribution is 9.10. The zero-order chi connectivity index (χ0) is 17.2. The predicted octanol–water partition coefficient (Wildman–Crippen LogP) is 5.05. The van der Waals surface area contributed by atoms with Crippen molar-refractivity contribution in [2.45, 2.75) is 11.0 Å². The molecule has 4 rings (SSSR count). The molecule has 1 N–H and O–H groups in total. The summed E-state index contributed by atoms with van der Waals surface area (Å²) in [4.78, 5) is 4.23. The van der Waals surface area contributed by atoms with Crippen molar-refractivity contribution in [1.82, 2.24) is 15.2 Å². The fraction of sp³-hybridized carbons (Fsp3) is 0.0556. The van der Waals surface area contributed by atoms with Crippen LogP contribution in [0.15, 0.2) is 68.8 Å². The van der Waals surface area contributed by atoms with Gasteiger partial charge in [-0.3, -0.25) is 4.98 Å². The first-order chi connectivity index (χ1) is 12.2. The number of aromatic nitrogens is 3. The van der Waals surface area contributed by atoms with E-state index in [1.54, 1.807) is 12.3 Å². The van der Waals surface area contributed by atoms with Gasteiger partial charge in [0.25, 0.3) is 5.22 Å². The molecular weight excluding hydrogens is 402 g/mol. The Labute approximate surface area is 156 Å². The van der Waals surface area contributed by atoms with Crippen LogP contribution in [0.1, 0.15) is 5.56 Å². The molecular formula is C18H12BrN3O2S. The van der Waals surface area contributed by atoms with Crippen molar-refractivity contribution >= 4 is 38.6 Å².